The number of thioether (sulfide) groups is 1. The van der Waals surface area contributed by atoms with Gasteiger partial charge in [0.1, 0.15) is 12.1 Å². The summed E-state index contributed by atoms with van der Waals surface area (Å²) in [6, 6.07) is 3.22. The summed E-state index contributed by atoms with van der Waals surface area (Å²) < 4.78 is 0. The molecular formula is C26H39N5O6S. The first-order valence-corrected chi connectivity index (χ1v) is 14.0. The van der Waals surface area contributed by atoms with Crippen molar-refractivity contribution in [1.29, 1.82) is 0 Å². The van der Waals surface area contributed by atoms with E-state index in [1.807, 2.05) is 43.6 Å². The van der Waals surface area contributed by atoms with Gasteiger partial charge in [0.25, 0.3) is 0 Å². The topological polar surface area (TPSA) is 187 Å². The number of aromatic amines is 1. The number of aromatic nitrogens is 1. The van der Waals surface area contributed by atoms with Crippen molar-refractivity contribution in [2.45, 2.75) is 70.3 Å². The molecular weight excluding hydrogens is 510 g/mol. The van der Waals surface area contributed by atoms with Crippen molar-refractivity contribution in [2.75, 3.05) is 12.0 Å². The van der Waals surface area contributed by atoms with Gasteiger partial charge in [-0.1, -0.05) is 38.5 Å². The highest BCUT2D eigenvalue weighted by Gasteiger charge is 2.33. The van der Waals surface area contributed by atoms with E-state index in [1.54, 1.807) is 6.92 Å². The van der Waals surface area contributed by atoms with Gasteiger partial charge in [0.2, 0.25) is 17.7 Å². The molecule has 0 aliphatic heterocycles. The molecule has 210 valence electrons. The van der Waals surface area contributed by atoms with Gasteiger partial charge in [-0.2, -0.15) is 11.8 Å². The molecule has 1 aromatic carbocycles. The summed E-state index contributed by atoms with van der Waals surface area (Å²) in [4.78, 5) is 53.8. The average Bonchev–Trinajstić information content (AvgIpc) is 3.29. The average molecular weight is 550 g/mol. The fourth-order valence-corrected chi connectivity index (χ4v) is 4.47. The Morgan fingerprint density at radius 1 is 1.03 bits per heavy atom. The minimum absolute atomic E-state index is 0.228. The third-order valence-electron chi connectivity index (χ3n) is 6.53. The van der Waals surface area contributed by atoms with E-state index in [-0.39, 0.29) is 18.8 Å². The van der Waals surface area contributed by atoms with Gasteiger partial charge >= 0.3 is 5.97 Å². The highest BCUT2D eigenvalue weighted by Crippen LogP contribution is 2.19. The number of carboxylic acids is 1. The van der Waals surface area contributed by atoms with E-state index >= 15 is 0 Å². The summed E-state index contributed by atoms with van der Waals surface area (Å²) >= 11 is 1.46. The molecule has 2 rings (SSSR count). The van der Waals surface area contributed by atoms with Gasteiger partial charge in [0.15, 0.2) is 6.04 Å². The first kappa shape index (κ1) is 31.1. The van der Waals surface area contributed by atoms with Crippen LogP contribution in [-0.2, 0) is 25.6 Å². The number of hydrogen-bond donors (Lipinski definition) is 7. The minimum Gasteiger partial charge on any atom is -0.480 e. The summed E-state index contributed by atoms with van der Waals surface area (Å²) in [6.45, 7) is 4.93. The van der Waals surface area contributed by atoms with Crippen LogP contribution < -0.4 is 21.7 Å². The smallest absolute Gasteiger partial charge is 0.328 e. The Morgan fingerprint density at radius 3 is 2.29 bits per heavy atom. The molecule has 3 amide bonds. The van der Waals surface area contributed by atoms with Crippen LogP contribution >= 0.6 is 11.8 Å². The fraction of sp³-hybridized carbons (Fsp3) is 0.538. The number of aliphatic carboxylic acids is 1. The number of carbonyl (C=O) groups is 4. The molecule has 1 heterocycles. The number of hydrogen-bond acceptors (Lipinski definition) is 7. The Kier molecular flexibility index (Phi) is 12.1. The van der Waals surface area contributed by atoms with Crippen molar-refractivity contribution in [3.05, 3.63) is 36.0 Å². The van der Waals surface area contributed by atoms with Gasteiger partial charge in [-0.05, 0) is 49.3 Å². The minimum atomic E-state index is -1.52. The van der Waals surface area contributed by atoms with E-state index in [0.29, 0.717) is 12.2 Å². The summed E-state index contributed by atoms with van der Waals surface area (Å²) in [5, 5.41) is 27.7. The Bertz CT molecular complexity index is 1110. The van der Waals surface area contributed by atoms with Crippen LogP contribution in [0, 0.1) is 5.92 Å². The van der Waals surface area contributed by atoms with E-state index in [4.69, 9.17) is 5.73 Å². The van der Waals surface area contributed by atoms with Crippen LogP contribution in [0.3, 0.4) is 0 Å². The molecule has 0 saturated heterocycles. The molecule has 0 radical (unpaired) electrons. The lowest BCUT2D eigenvalue weighted by Gasteiger charge is -2.28. The summed E-state index contributed by atoms with van der Waals surface area (Å²) in [7, 11) is 0. The zero-order valence-corrected chi connectivity index (χ0v) is 23.0. The van der Waals surface area contributed by atoms with Crippen molar-refractivity contribution in [1.82, 2.24) is 20.9 Å². The summed E-state index contributed by atoms with van der Waals surface area (Å²) in [5.74, 6) is -2.95. The SMILES string of the molecule is CCC(C)C(NC(=O)C(N)Cc1c[nH]c2ccccc12)C(=O)NC(CCSC)C(=O)NC(C(=O)O)C(C)O. The molecule has 0 spiro atoms. The van der Waals surface area contributed by atoms with Crippen LogP contribution in [0.25, 0.3) is 10.9 Å². The van der Waals surface area contributed by atoms with Crippen molar-refractivity contribution >= 4 is 46.4 Å². The maximum atomic E-state index is 13.3. The van der Waals surface area contributed by atoms with Gasteiger partial charge in [-0.3, -0.25) is 14.4 Å². The third-order valence-corrected chi connectivity index (χ3v) is 7.18. The number of rotatable bonds is 15. The molecule has 2 aromatic rings. The summed E-state index contributed by atoms with van der Waals surface area (Å²) in [6.07, 6.45) is 3.37. The number of aliphatic hydroxyl groups excluding tert-OH is 1. The zero-order chi connectivity index (χ0) is 28.4. The van der Waals surface area contributed by atoms with E-state index in [9.17, 15) is 29.4 Å². The van der Waals surface area contributed by atoms with E-state index in [1.165, 1.54) is 18.7 Å². The number of fused-ring (bicyclic) bond motifs is 1. The molecule has 12 heteroatoms. The number of benzene rings is 1. The molecule has 6 unspecified atom stereocenters. The van der Waals surface area contributed by atoms with Crippen molar-refractivity contribution in [3.8, 4) is 0 Å². The zero-order valence-electron chi connectivity index (χ0n) is 22.2. The number of H-pyrrole nitrogens is 1. The largest absolute Gasteiger partial charge is 0.480 e. The second-order valence-corrected chi connectivity index (χ2v) is 10.4. The van der Waals surface area contributed by atoms with Crippen LogP contribution in [0.15, 0.2) is 30.5 Å². The number of amides is 3. The highest BCUT2D eigenvalue weighted by atomic mass is 32.2. The molecule has 0 aliphatic rings. The lowest BCUT2D eigenvalue weighted by atomic mass is 9.96. The Hall–Kier alpha value is -3.09. The van der Waals surface area contributed by atoms with Crippen LogP contribution in [0.1, 0.15) is 39.2 Å². The predicted molar refractivity (Wildman–Crippen MR) is 148 cm³/mol. The maximum absolute atomic E-state index is 13.3. The predicted octanol–water partition coefficient (Wildman–Crippen LogP) is 0.757. The van der Waals surface area contributed by atoms with Gasteiger partial charge in [0, 0.05) is 17.1 Å². The van der Waals surface area contributed by atoms with E-state index in [2.05, 4.69) is 20.9 Å². The molecule has 6 atom stereocenters. The van der Waals surface area contributed by atoms with E-state index < -0.39 is 54.0 Å². The van der Waals surface area contributed by atoms with Crippen LogP contribution in [0.5, 0.6) is 0 Å². The number of aliphatic hydroxyl groups is 1. The van der Waals surface area contributed by atoms with Crippen molar-refractivity contribution in [2.24, 2.45) is 11.7 Å². The molecule has 8 N–H and O–H groups in total. The first-order valence-electron chi connectivity index (χ1n) is 12.6. The molecule has 0 saturated carbocycles. The van der Waals surface area contributed by atoms with Crippen molar-refractivity contribution in [3.63, 3.8) is 0 Å². The number of para-hydroxylation sites is 1. The summed E-state index contributed by atoms with van der Waals surface area (Å²) in [5.41, 5.74) is 8.03. The molecule has 0 aliphatic carbocycles. The molecule has 11 nitrogen and oxygen atoms in total. The van der Waals surface area contributed by atoms with Gasteiger partial charge in [-0.25, -0.2) is 4.79 Å². The molecule has 1 aromatic heterocycles. The molecule has 0 bridgehead atoms. The lowest BCUT2D eigenvalue weighted by Crippen LogP contribution is -2.59. The van der Waals surface area contributed by atoms with Crippen molar-refractivity contribution < 1.29 is 29.4 Å². The lowest BCUT2D eigenvalue weighted by molar-refractivity contribution is -0.145. The highest BCUT2D eigenvalue weighted by molar-refractivity contribution is 7.98. The molecule has 38 heavy (non-hydrogen) atoms. The third kappa shape index (κ3) is 8.47. The quantitative estimate of drug-likeness (QED) is 0.170. The maximum Gasteiger partial charge on any atom is 0.328 e. The van der Waals surface area contributed by atoms with Gasteiger partial charge in [0.05, 0.1) is 12.1 Å². The van der Waals surface area contributed by atoms with E-state index in [0.717, 1.165) is 16.5 Å². The fourth-order valence-electron chi connectivity index (χ4n) is 4.00. The normalized spacial score (nSPS) is 16.1. The number of nitrogens with two attached hydrogens (primary N) is 1. The second-order valence-electron chi connectivity index (χ2n) is 9.45. The Labute approximate surface area is 226 Å². The second kappa shape index (κ2) is 14.7. The van der Waals surface area contributed by atoms with Crippen LogP contribution in [0.2, 0.25) is 0 Å². The monoisotopic (exact) mass is 549 g/mol. The van der Waals surface area contributed by atoms with Crippen LogP contribution in [0.4, 0.5) is 0 Å². The number of carboxylic acid groups (broad SMARTS) is 1. The molecule has 0 fully saturated rings. The van der Waals surface area contributed by atoms with Gasteiger partial charge < -0.3 is 36.9 Å². The van der Waals surface area contributed by atoms with Gasteiger partial charge in [-0.15, -0.1) is 0 Å². The first-order chi connectivity index (χ1) is 18.0. The Morgan fingerprint density at radius 2 is 1.68 bits per heavy atom. The van der Waals surface area contributed by atoms with Crippen LogP contribution in [-0.4, -0.2) is 81.2 Å². The number of carbonyl (C=O) groups excluding carboxylic acids is 3. The number of nitrogens with one attached hydrogen (secondary N) is 4. The standard InChI is InChI=1S/C26H39N5O6S/c1-5-14(2)21(30-23(33)18(27)12-16-13-28-19-9-7-6-8-17(16)19)25(35)29-20(10-11-38-4)24(34)31-22(15(3)32)26(36)37/h6-9,13-15,18,20-22,28,32H,5,10-12,27H2,1-4H3,(H,29,35)(H,30,33)(H,31,34)(H,36,37). The Balaban J connectivity index is 2.14.